The Morgan fingerprint density at radius 1 is 1.00 bits per heavy atom. The lowest BCUT2D eigenvalue weighted by atomic mass is 10.0. The highest BCUT2D eigenvalue weighted by Crippen LogP contribution is 2.45. The van der Waals surface area contributed by atoms with Crippen molar-refractivity contribution in [1.82, 2.24) is 0 Å². The number of phenolic OH excluding ortho intramolecular Hbond substituents is 3. The zero-order chi connectivity index (χ0) is 21.2. The van der Waals surface area contributed by atoms with E-state index < -0.39 is 17.7 Å². The predicted molar refractivity (Wildman–Crippen MR) is 99.0 cm³/mol. The highest BCUT2D eigenvalue weighted by Gasteiger charge is 2.26. The van der Waals surface area contributed by atoms with Crippen LogP contribution in [0.5, 0.6) is 28.7 Å². The van der Waals surface area contributed by atoms with Gasteiger partial charge in [0.05, 0.1) is 12.7 Å². The van der Waals surface area contributed by atoms with Crippen LogP contribution >= 0.6 is 0 Å². The van der Waals surface area contributed by atoms with Crippen molar-refractivity contribution in [2.24, 2.45) is 0 Å². The van der Waals surface area contributed by atoms with Crippen LogP contribution in [0.15, 0.2) is 12.1 Å². The normalized spacial score (nSPS) is 10.5. The minimum atomic E-state index is -0.796. The van der Waals surface area contributed by atoms with Gasteiger partial charge in [0.25, 0.3) is 0 Å². The standard InChI is InChI=1S/C20H22O8/c1-9-6-14(22)13(8-27-12(4)21)15(7-9)28-19-10(2)16(20(25)26-5)17(23)11(3)18(19)24/h6-7,22-24H,8H2,1-5H3. The van der Waals surface area contributed by atoms with Crippen LogP contribution in [0.2, 0.25) is 0 Å². The van der Waals surface area contributed by atoms with Gasteiger partial charge < -0.3 is 29.5 Å². The number of hydrogen-bond acceptors (Lipinski definition) is 8. The first kappa shape index (κ1) is 20.9. The summed E-state index contributed by atoms with van der Waals surface area (Å²) in [6, 6.07) is 3.05. The SMILES string of the molecule is COC(=O)c1c(C)c(Oc2cc(C)cc(O)c2COC(C)=O)c(O)c(C)c1O. The fraction of sp³-hybridized carbons (Fsp3) is 0.300. The van der Waals surface area contributed by atoms with Gasteiger partial charge in [-0.05, 0) is 38.5 Å². The first-order chi connectivity index (χ1) is 13.1. The van der Waals surface area contributed by atoms with Crippen molar-refractivity contribution in [2.75, 3.05) is 7.11 Å². The summed E-state index contributed by atoms with van der Waals surface area (Å²) in [4.78, 5) is 23.2. The number of aromatic hydroxyl groups is 3. The van der Waals surface area contributed by atoms with Gasteiger partial charge in [-0.25, -0.2) is 4.79 Å². The molecular weight excluding hydrogens is 368 g/mol. The maximum absolute atomic E-state index is 12.1. The third kappa shape index (κ3) is 3.95. The van der Waals surface area contributed by atoms with Crippen molar-refractivity contribution in [2.45, 2.75) is 34.3 Å². The summed E-state index contributed by atoms with van der Waals surface area (Å²) in [5, 5.41) is 30.9. The molecule has 0 heterocycles. The van der Waals surface area contributed by atoms with Crippen molar-refractivity contribution in [3.63, 3.8) is 0 Å². The fourth-order valence-corrected chi connectivity index (χ4v) is 2.70. The highest BCUT2D eigenvalue weighted by molar-refractivity contribution is 5.96. The van der Waals surface area contributed by atoms with Crippen LogP contribution in [0.25, 0.3) is 0 Å². The van der Waals surface area contributed by atoms with Crippen LogP contribution < -0.4 is 4.74 Å². The Hall–Kier alpha value is -3.42. The summed E-state index contributed by atoms with van der Waals surface area (Å²) in [5.74, 6) is -2.25. The molecule has 0 saturated heterocycles. The zero-order valence-corrected chi connectivity index (χ0v) is 16.2. The molecule has 28 heavy (non-hydrogen) atoms. The minimum Gasteiger partial charge on any atom is -0.507 e. The van der Waals surface area contributed by atoms with Gasteiger partial charge in [0, 0.05) is 18.1 Å². The second-order valence-corrected chi connectivity index (χ2v) is 6.29. The molecule has 0 aliphatic heterocycles. The fourth-order valence-electron chi connectivity index (χ4n) is 2.70. The third-order valence-corrected chi connectivity index (χ3v) is 4.23. The summed E-state index contributed by atoms with van der Waals surface area (Å²) in [6.45, 7) is 5.58. The predicted octanol–water partition coefficient (Wildman–Crippen LogP) is 3.37. The molecule has 0 saturated carbocycles. The van der Waals surface area contributed by atoms with Gasteiger partial charge in [-0.2, -0.15) is 0 Å². The summed E-state index contributed by atoms with van der Waals surface area (Å²) >= 11 is 0. The zero-order valence-electron chi connectivity index (χ0n) is 16.2. The second kappa shape index (κ2) is 8.08. The number of benzene rings is 2. The Labute approximate surface area is 161 Å². The molecule has 150 valence electrons. The van der Waals surface area contributed by atoms with E-state index in [1.165, 1.54) is 33.9 Å². The van der Waals surface area contributed by atoms with E-state index in [9.17, 15) is 24.9 Å². The molecule has 0 radical (unpaired) electrons. The number of phenols is 3. The Morgan fingerprint density at radius 2 is 1.64 bits per heavy atom. The molecule has 0 spiro atoms. The van der Waals surface area contributed by atoms with E-state index in [1.807, 2.05) is 0 Å². The van der Waals surface area contributed by atoms with E-state index in [1.54, 1.807) is 13.0 Å². The Kier molecular flexibility index (Phi) is 6.03. The van der Waals surface area contributed by atoms with Gasteiger partial charge in [0.1, 0.15) is 29.4 Å². The molecule has 0 unspecified atom stereocenters. The van der Waals surface area contributed by atoms with Crippen molar-refractivity contribution in [1.29, 1.82) is 0 Å². The van der Waals surface area contributed by atoms with Crippen LogP contribution in [0.4, 0.5) is 0 Å². The van der Waals surface area contributed by atoms with E-state index in [4.69, 9.17) is 14.2 Å². The first-order valence-electron chi connectivity index (χ1n) is 8.35. The van der Waals surface area contributed by atoms with E-state index in [2.05, 4.69) is 0 Å². The molecule has 2 aromatic carbocycles. The van der Waals surface area contributed by atoms with E-state index in [0.717, 1.165) is 0 Å². The molecule has 0 amide bonds. The van der Waals surface area contributed by atoms with Crippen molar-refractivity contribution < 1.29 is 39.1 Å². The van der Waals surface area contributed by atoms with E-state index >= 15 is 0 Å². The maximum atomic E-state index is 12.1. The molecule has 0 aliphatic rings. The van der Waals surface area contributed by atoms with Crippen molar-refractivity contribution in [3.05, 3.63) is 39.9 Å². The minimum absolute atomic E-state index is 0.0272. The molecule has 0 bridgehead atoms. The van der Waals surface area contributed by atoms with Gasteiger partial charge in [-0.1, -0.05) is 0 Å². The lowest BCUT2D eigenvalue weighted by Crippen LogP contribution is -2.07. The quantitative estimate of drug-likeness (QED) is 0.664. The van der Waals surface area contributed by atoms with Gasteiger partial charge in [-0.3, -0.25) is 4.79 Å². The molecule has 3 N–H and O–H groups in total. The Morgan fingerprint density at radius 3 is 2.21 bits per heavy atom. The van der Waals surface area contributed by atoms with Crippen LogP contribution in [0.1, 0.15) is 39.5 Å². The molecule has 0 aliphatic carbocycles. The molecular formula is C20H22O8. The van der Waals surface area contributed by atoms with E-state index in [-0.39, 0.29) is 51.9 Å². The lowest BCUT2D eigenvalue weighted by Gasteiger charge is -2.19. The number of rotatable bonds is 5. The summed E-state index contributed by atoms with van der Waals surface area (Å²) < 4.78 is 15.5. The number of ether oxygens (including phenoxy) is 3. The molecule has 0 atom stereocenters. The smallest absolute Gasteiger partial charge is 0.342 e. The number of esters is 2. The second-order valence-electron chi connectivity index (χ2n) is 6.29. The number of aryl methyl sites for hydroxylation is 1. The number of methoxy groups -OCH3 is 1. The summed E-state index contributed by atoms with van der Waals surface area (Å²) in [7, 11) is 1.17. The average Bonchev–Trinajstić information content (AvgIpc) is 2.62. The van der Waals surface area contributed by atoms with Crippen LogP contribution in [-0.4, -0.2) is 34.4 Å². The van der Waals surface area contributed by atoms with Gasteiger partial charge in [0.2, 0.25) is 0 Å². The molecule has 0 aromatic heterocycles. The third-order valence-electron chi connectivity index (χ3n) is 4.23. The lowest BCUT2D eigenvalue weighted by molar-refractivity contribution is -0.142. The number of carbonyl (C=O) groups is 2. The molecule has 0 fully saturated rings. The monoisotopic (exact) mass is 390 g/mol. The molecule has 8 heteroatoms. The van der Waals surface area contributed by atoms with Crippen molar-refractivity contribution >= 4 is 11.9 Å². The molecule has 2 aromatic rings. The van der Waals surface area contributed by atoms with Crippen LogP contribution in [0, 0.1) is 20.8 Å². The summed E-state index contributed by atoms with van der Waals surface area (Å²) in [6.07, 6.45) is 0. The maximum Gasteiger partial charge on any atom is 0.342 e. The average molecular weight is 390 g/mol. The van der Waals surface area contributed by atoms with Gasteiger partial charge in [-0.15, -0.1) is 0 Å². The van der Waals surface area contributed by atoms with Crippen LogP contribution in [-0.2, 0) is 20.9 Å². The van der Waals surface area contributed by atoms with E-state index in [0.29, 0.717) is 5.56 Å². The number of carbonyl (C=O) groups excluding carboxylic acids is 2. The highest BCUT2D eigenvalue weighted by atomic mass is 16.5. The molecule has 2 rings (SSSR count). The van der Waals surface area contributed by atoms with Crippen molar-refractivity contribution in [3.8, 4) is 28.7 Å². The van der Waals surface area contributed by atoms with Crippen LogP contribution in [0.3, 0.4) is 0 Å². The van der Waals surface area contributed by atoms with Gasteiger partial charge in [0.15, 0.2) is 11.5 Å². The topological polar surface area (TPSA) is 123 Å². The first-order valence-corrected chi connectivity index (χ1v) is 8.35. The largest absolute Gasteiger partial charge is 0.507 e. The Bertz CT molecular complexity index is 946. The molecule has 8 nitrogen and oxygen atoms in total. The van der Waals surface area contributed by atoms with Gasteiger partial charge >= 0.3 is 11.9 Å². The Balaban J connectivity index is 2.64. The summed E-state index contributed by atoms with van der Waals surface area (Å²) in [5.41, 5.74) is 0.863. The number of hydrogen-bond donors (Lipinski definition) is 3.